The fourth-order valence-electron chi connectivity index (χ4n) is 4.90. The molecule has 4 saturated carbocycles. The molecule has 4 aliphatic rings. The zero-order valence-electron chi connectivity index (χ0n) is 9.35. The molecule has 0 saturated heterocycles. The molecule has 4 bridgehead atoms. The standard InChI is InChI=1S/C13H21Cl/c1-9(2)12-4-10-3-11(5-12)7-13(14,6-10)8-12/h9-11H,3-8H2,1-2H3. The number of hydrogen-bond acceptors (Lipinski definition) is 0. The van der Waals surface area contributed by atoms with Crippen molar-refractivity contribution in [2.75, 3.05) is 0 Å². The largest absolute Gasteiger partial charge is 0.119 e. The Hall–Kier alpha value is 0.290. The molecule has 4 aliphatic carbocycles. The first-order chi connectivity index (χ1) is 6.51. The van der Waals surface area contributed by atoms with Crippen molar-refractivity contribution in [3.63, 3.8) is 0 Å². The number of halogens is 1. The minimum absolute atomic E-state index is 0.217. The van der Waals surface area contributed by atoms with Crippen LogP contribution in [0, 0.1) is 23.2 Å². The van der Waals surface area contributed by atoms with Crippen LogP contribution in [0.1, 0.15) is 52.4 Å². The smallest absolute Gasteiger partial charge is 0.0457 e. The van der Waals surface area contributed by atoms with Crippen molar-refractivity contribution in [1.82, 2.24) is 0 Å². The van der Waals surface area contributed by atoms with E-state index in [2.05, 4.69) is 13.8 Å². The molecule has 0 aromatic carbocycles. The van der Waals surface area contributed by atoms with Crippen LogP contribution in [0.25, 0.3) is 0 Å². The highest BCUT2D eigenvalue weighted by Crippen LogP contribution is 2.65. The van der Waals surface area contributed by atoms with Gasteiger partial charge in [0.05, 0.1) is 0 Å². The van der Waals surface area contributed by atoms with Gasteiger partial charge in [0.25, 0.3) is 0 Å². The van der Waals surface area contributed by atoms with Crippen molar-refractivity contribution in [3.8, 4) is 0 Å². The molecule has 2 atom stereocenters. The van der Waals surface area contributed by atoms with Gasteiger partial charge in [-0.25, -0.2) is 0 Å². The topological polar surface area (TPSA) is 0 Å². The molecule has 0 aliphatic heterocycles. The molecule has 0 spiro atoms. The lowest BCUT2D eigenvalue weighted by Gasteiger charge is -2.61. The third-order valence-corrected chi connectivity index (χ3v) is 5.70. The predicted molar refractivity (Wildman–Crippen MR) is 60.5 cm³/mol. The van der Waals surface area contributed by atoms with Gasteiger partial charge in [-0.2, -0.15) is 0 Å². The van der Waals surface area contributed by atoms with Gasteiger partial charge in [-0.1, -0.05) is 13.8 Å². The Balaban J connectivity index is 1.96. The van der Waals surface area contributed by atoms with Crippen LogP contribution in [0.3, 0.4) is 0 Å². The molecular weight excluding hydrogens is 192 g/mol. The van der Waals surface area contributed by atoms with Crippen LogP contribution in [-0.4, -0.2) is 4.87 Å². The molecule has 4 rings (SSSR count). The van der Waals surface area contributed by atoms with E-state index < -0.39 is 0 Å². The zero-order valence-corrected chi connectivity index (χ0v) is 10.1. The Labute approximate surface area is 92.4 Å². The lowest BCUT2D eigenvalue weighted by atomic mass is 9.46. The highest BCUT2D eigenvalue weighted by atomic mass is 35.5. The second kappa shape index (κ2) is 2.70. The van der Waals surface area contributed by atoms with Crippen LogP contribution < -0.4 is 0 Å². The molecule has 0 aromatic rings. The Bertz CT molecular complexity index is 242. The fourth-order valence-corrected chi connectivity index (χ4v) is 5.60. The normalized spacial score (nSPS) is 55.7. The van der Waals surface area contributed by atoms with Crippen molar-refractivity contribution in [2.24, 2.45) is 23.2 Å². The number of alkyl halides is 1. The predicted octanol–water partition coefficient (Wildman–Crippen LogP) is 4.22. The van der Waals surface area contributed by atoms with Gasteiger partial charge in [0.15, 0.2) is 0 Å². The Morgan fingerprint density at radius 3 is 2.07 bits per heavy atom. The highest BCUT2D eigenvalue weighted by molar-refractivity contribution is 6.24. The number of hydrogen-bond donors (Lipinski definition) is 0. The molecule has 4 fully saturated rings. The molecule has 0 amide bonds. The van der Waals surface area contributed by atoms with Crippen LogP contribution in [0.15, 0.2) is 0 Å². The molecule has 0 heterocycles. The summed E-state index contributed by atoms with van der Waals surface area (Å²) in [6.07, 6.45) is 8.40. The van der Waals surface area contributed by atoms with Crippen LogP contribution in [0.2, 0.25) is 0 Å². The first-order valence-corrected chi connectivity index (χ1v) is 6.58. The van der Waals surface area contributed by atoms with Gasteiger partial charge in [-0.15, -0.1) is 11.6 Å². The average Bonchev–Trinajstić information content (AvgIpc) is 1.98. The second-order valence-corrected chi connectivity index (χ2v) is 7.43. The monoisotopic (exact) mass is 212 g/mol. The van der Waals surface area contributed by atoms with E-state index in [9.17, 15) is 0 Å². The summed E-state index contributed by atoms with van der Waals surface area (Å²) < 4.78 is 0. The molecule has 14 heavy (non-hydrogen) atoms. The van der Waals surface area contributed by atoms with Crippen LogP contribution in [-0.2, 0) is 0 Å². The summed E-state index contributed by atoms with van der Waals surface area (Å²) in [7, 11) is 0. The quantitative estimate of drug-likeness (QED) is 0.571. The lowest BCUT2D eigenvalue weighted by molar-refractivity contribution is -0.0676. The first-order valence-electron chi connectivity index (χ1n) is 6.20. The summed E-state index contributed by atoms with van der Waals surface area (Å²) in [5, 5.41) is 0. The van der Waals surface area contributed by atoms with Gasteiger partial charge < -0.3 is 0 Å². The second-order valence-electron chi connectivity index (χ2n) is 6.63. The van der Waals surface area contributed by atoms with Gasteiger partial charge in [-0.05, 0) is 61.7 Å². The third kappa shape index (κ3) is 1.19. The van der Waals surface area contributed by atoms with E-state index in [1.54, 1.807) is 0 Å². The van der Waals surface area contributed by atoms with Gasteiger partial charge in [0, 0.05) is 4.87 Å². The Kier molecular flexibility index (Phi) is 1.83. The molecule has 0 radical (unpaired) electrons. The van der Waals surface area contributed by atoms with Crippen LogP contribution in [0.5, 0.6) is 0 Å². The molecular formula is C13H21Cl. The zero-order chi connectivity index (χ0) is 9.97. The maximum Gasteiger partial charge on any atom is 0.0457 e. The summed E-state index contributed by atoms with van der Waals surface area (Å²) in [5.41, 5.74) is 0.631. The van der Waals surface area contributed by atoms with Crippen molar-refractivity contribution in [1.29, 1.82) is 0 Å². The Morgan fingerprint density at radius 1 is 1.07 bits per heavy atom. The molecule has 2 unspecified atom stereocenters. The van der Waals surface area contributed by atoms with E-state index in [4.69, 9.17) is 11.6 Å². The van der Waals surface area contributed by atoms with Crippen molar-refractivity contribution in [3.05, 3.63) is 0 Å². The van der Waals surface area contributed by atoms with E-state index >= 15 is 0 Å². The van der Waals surface area contributed by atoms with E-state index in [0.29, 0.717) is 5.41 Å². The minimum atomic E-state index is 0.217. The molecule has 0 N–H and O–H groups in total. The maximum atomic E-state index is 6.76. The van der Waals surface area contributed by atoms with Crippen molar-refractivity contribution >= 4 is 11.6 Å². The average molecular weight is 213 g/mol. The fraction of sp³-hybridized carbons (Fsp3) is 1.00. The first kappa shape index (κ1) is 9.51. The maximum absolute atomic E-state index is 6.76. The SMILES string of the molecule is CC(C)C12CC3CC(CC(Cl)(C3)C1)C2. The molecule has 1 heteroatoms. The van der Waals surface area contributed by atoms with Gasteiger partial charge in [0.1, 0.15) is 0 Å². The van der Waals surface area contributed by atoms with Gasteiger partial charge >= 0.3 is 0 Å². The van der Waals surface area contributed by atoms with Crippen LogP contribution >= 0.6 is 11.6 Å². The van der Waals surface area contributed by atoms with Gasteiger partial charge in [-0.3, -0.25) is 0 Å². The summed E-state index contributed by atoms with van der Waals surface area (Å²) in [5.74, 6) is 2.78. The number of rotatable bonds is 1. The third-order valence-electron chi connectivity index (χ3n) is 5.26. The van der Waals surface area contributed by atoms with E-state index in [1.807, 2.05) is 0 Å². The van der Waals surface area contributed by atoms with E-state index in [-0.39, 0.29) is 4.87 Å². The van der Waals surface area contributed by atoms with E-state index in [0.717, 1.165) is 17.8 Å². The Morgan fingerprint density at radius 2 is 1.64 bits per heavy atom. The highest BCUT2D eigenvalue weighted by Gasteiger charge is 2.57. The minimum Gasteiger partial charge on any atom is -0.119 e. The summed E-state index contributed by atoms with van der Waals surface area (Å²) in [6.45, 7) is 4.82. The van der Waals surface area contributed by atoms with Crippen molar-refractivity contribution in [2.45, 2.75) is 57.2 Å². The molecule has 0 aromatic heterocycles. The lowest BCUT2D eigenvalue weighted by Crippen LogP contribution is -2.54. The summed E-state index contributed by atoms with van der Waals surface area (Å²) in [4.78, 5) is 0.217. The van der Waals surface area contributed by atoms with Crippen molar-refractivity contribution < 1.29 is 0 Å². The van der Waals surface area contributed by atoms with Gasteiger partial charge in [0.2, 0.25) is 0 Å². The van der Waals surface area contributed by atoms with Crippen LogP contribution in [0.4, 0.5) is 0 Å². The summed E-state index contributed by atoms with van der Waals surface area (Å²) >= 11 is 6.76. The molecule has 80 valence electrons. The summed E-state index contributed by atoms with van der Waals surface area (Å²) in [6, 6.07) is 0. The molecule has 0 nitrogen and oxygen atoms in total. The van der Waals surface area contributed by atoms with E-state index in [1.165, 1.54) is 38.5 Å².